The van der Waals surface area contributed by atoms with Gasteiger partial charge in [0.2, 0.25) is 5.91 Å². The summed E-state index contributed by atoms with van der Waals surface area (Å²) in [5, 5.41) is 3.29. The fraction of sp³-hybridized carbons (Fsp3) is 0.600. The van der Waals surface area contributed by atoms with Crippen LogP contribution in [0, 0.1) is 11.8 Å². The van der Waals surface area contributed by atoms with Crippen molar-refractivity contribution in [3.63, 3.8) is 0 Å². The molecular formula is C20H31IN4O. The minimum Gasteiger partial charge on any atom is -0.347 e. The van der Waals surface area contributed by atoms with Crippen LogP contribution in [0.15, 0.2) is 29.3 Å². The molecule has 26 heavy (non-hydrogen) atoms. The number of piperidine rings is 1. The Hall–Kier alpha value is -1.31. The van der Waals surface area contributed by atoms with E-state index in [1.807, 2.05) is 17.0 Å². The zero-order valence-electron chi connectivity index (χ0n) is 16.1. The van der Waals surface area contributed by atoms with Gasteiger partial charge in [0.15, 0.2) is 5.96 Å². The number of rotatable bonds is 2. The summed E-state index contributed by atoms with van der Waals surface area (Å²) < 4.78 is 0. The lowest BCUT2D eigenvalue weighted by Gasteiger charge is -2.37. The minimum atomic E-state index is 0. The SMILES string of the molecule is CN=C(NCC(=O)N1CCCc2ccccc21)N1CC(C)CC(C)C1.I. The third-order valence-electron chi connectivity index (χ3n) is 5.19. The number of nitrogens with one attached hydrogen (secondary N) is 1. The molecule has 0 bridgehead atoms. The Kier molecular flexibility index (Phi) is 7.73. The summed E-state index contributed by atoms with van der Waals surface area (Å²) in [5.74, 6) is 2.28. The molecule has 2 aliphatic heterocycles. The molecule has 2 unspecified atom stereocenters. The summed E-state index contributed by atoms with van der Waals surface area (Å²) in [6, 6.07) is 8.23. The number of guanidine groups is 1. The summed E-state index contributed by atoms with van der Waals surface area (Å²) >= 11 is 0. The molecule has 1 amide bonds. The van der Waals surface area contributed by atoms with Crippen molar-refractivity contribution >= 4 is 41.5 Å². The lowest BCUT2D eigenvalue weighted by Crippen LogP contribution is -2.51. The molecule has 6 heteroatoms. The number of halogens is 1. The number of aryl methyl sites for hydroxylation is 1. The van der Waals surface area contributed by atoms with Crippen LogP contribution in [-0.4, -0.2) is 50.0 Å². The van der Waals surface area contributed by atoms with E-state index in [1.165, 1.54) is 12.0 Å². The number of carbonyl (C=O) groups is 1. The molecule has 0 aliphatic carbocycles. The van der Waals surface area contributed by atoms with Crippen molar-refractivity contribution in [1.29, 1.82) is 0 Å². The predicted octanol–water partition coefficient (Wildman–Crippen LogP) is 3.14. The zero-order valence-corrected chi connectivity index (χ0v) is 18.4. The van der Waals surface area contributed by atoms with Crippen molar-refractivity contribution in [2.75, 3.05) is 38.1 Å². The number of para-hydroxylation sites is 1. The van der Waals surface area contributed by atoms with Gasteiger partial charge in [-0.15, -0.1) is 24.0 Å². The molecule has 1 saturated heterocycles. The number of fused-ring (bicyclic) bond motifs is 1. The monoisotopic (exact) mass is 470 g/mol. The average Bonchev–Trinajstić information content (AvgIpc) is 2.61. The van der Waals surface area contributed by atoms with Crippen molar-refractivity contribution < 1.29 is 4.79 Å². The lowest BCUT2D eigenvalue weighted by atomic mass is 9.92. The lowest BCUT2D eigenvalue weighted by molar-refractivity contribution is -0.117. The number of hydrogen-bond acceptors (Lipinski definition) is 2. The number of hydrogen-bond donors (Lipinski definition) is 1. The van der Waals surface area contributed by atoms with Crippen LogP contribution in [0.2, 0.25) is 0 Å². The molecule has 0 radical (unpaired) electrons. The van der Waals surface area contributed by atoms with Crippen LogP contribution in [0.25, 0.3) is 0 Å². The molecule has 2 heterocycles. The summed E-state index contributed by atoms with van der Waals surface area (Å²) in [6.07, 6.45) is 3.34. The Balaban J connectivity index is 0.00000243. The van der Waals surface area contributed by atoms with Crippen LogP contribution in [0.5, 0.6) is 0 Å². The van der Waals surface area contributed by atoms with E-state index in [1.54, 1.807) is 7.05 Å². The highest BCUT2D eigenvalue weighted by Gasteiger charge is 2.26. The molecule has 0 aromatic heterocycles. The highest BCUT2D eigenvalue weighted by atomic mass is 127. The van der Waals surface area contributed by atoms with Crippen molar-refractivity contribution in [2.45, 2.75) is 33.1 Å². The summed E-state index contributed by atoms with van der Waals surface area (Å²) in [4.78, 5) is 21.4. The van der Waals surface area contributed by atoms with E-state index in [9.17, 15) is 4.79 Å². The average molecular weight is 470 g/mol. The number of anilines is 1. The molecule has 0 spiro atoms. The fourth-order valence-corrected chi connectivity index (χ4v) is 4.21. The van der Waals surface area contributed by atoms with Crippen LogP contribution >= 0.6 is 24.0 Å². The second kappa shape index (κ2) is 9.58. The van der Waals surface area contributed by atoms with Gasteiger partial charge in [-0.25, -0.2) is 0 Å². The van der Waals surface area contributed by atoms with Crippen molar-refractivity contribution in [3.05, 3.63) is 29.8 Å². The van der Waals surface area contributed by atoms with Gasteiger partial charge in [-0.1, -0.05) is 32.0 Å². The second-order valence-electron chi connectivity index (χ2n) is 7.53. The van der Waals surface area contributed by atoms with Gasteiger partial charge in [0, 0.05) is 32.4 Å². The highest BCUT2D eigenvalue weighted by Crippen LogP contribution is 2.26. The minimum absolute atomic E-state index is 0. The first-order chi connectivity index (χ1) is 12.1. The summed E-state index contributed by atoms with van der Waals surface area (Å²) in [6.45, 7) is 7.67. The summed E-state index contributed by atoms with van der Waals surface area (Å²) in [7, 11) is 1.80. The molecule has 1 fully saturated rings. The topological polar surface area (TPSA) is 47.9 Å². The molecule has 1 aromatic rings. The number of carbonyl (C=O) groups excluding carboxylic acids is 1. The van der Waals surface area contributed by atoms with Crippen molar-refractivity contribution in [2.24, 2.45) is 16.8 Å². The number of nitrogens with zero attached hydrogens (tertiary/aromatic N) is 3. The molecule has 1 N–H and O–H groups in total. The zero-order chi connectivity index (χ0) is 17.8. The van der Waals surface area contributed by atoms with Crippen LogP contribution in [0.3, 0.4) is 0 Å². The largest absolute Gasteiger partial charge is 0.347 e. The molecule has 0 saturated carbocycles. The molecule has 2 aliphatic rings. The van der Waals surface area contributed by atoms with Crippen LogP contribution in [0.1, 0.15) is 32.3 Å². The number of aliphatic imine (C=N–C) groups is 1. The van der Waals surface area contributed by atoms with E-state index in [4.69, 9.17) is 0 Å². The first-order valence-electron chi connectivity index (χ1n) is 9.42. The highest BCUT2D eigenvalue weighted by molar-refractivity contribution is 14.0. The van der Waals surface area contributed by atoms with Gasteiger partial charge in [0.1, 0.15) is 0 Å². The number of amides is 1. The van der Waals surface area contributed by atoms with Gasteiger partial charge in [-0.2, -0.15) is 0 Å². The molecular weight excluding hydrogens is 439 g/mol. The molecule has 5 nitrogen and oxygen atoms in total. The van der Waals surface area contributed by atoms with Gasteiger partial charge >= 0.3 is 0 Å². The summed E-state index contributed by atoms with van der Waals surface area (Å²) in [5.41, 5.74) is 2.33. The normalized spacial score (nSPS) is 23.1. The van der Waals surface area contributed by atoms with Crippen LogP contribution in [0.4, 0.5) is 5.69 Å². The molecule has 3 rings (SSSR count). The third kappa shape index (κ3) is 4.90. The maximum atomic E-state index is 12.8. The quantitative estimate of drug-likeness (QED) is 0.411. The third-order valence-corrected chi connectivity index (χ3v) is 5.19. The number of benzene rings is 1. The van der Waals surface area contributed by atoms with E-state index >= 15 is 0 Å². The number of likely N-dealkylation sites (tertiary alicyclic amines) is 1. The van der Waals surface area contributed by atoms with Crippen molar-refractivity contribution in [3.8, 4) is 0 Å². The Morgan fingerprint density at radius 3 is 2.62 bits per heavy atom. The van der Waals surface area contributed by atoms with Crippen LogP contribution < -0.4 is 10.2 Å². The smallest absolute Gasteiger partial charge is 0.246 e. The van der Waals surface area contributed by atoms with Gasteiger partial charge in [-0.3, -0.25) is 9.79 Å². The van der Waals surface area contributed by atoms with Gasteiger partial charge in [0.25, 0.3) is 0 Å². The Labute approximate surface area is 174 Å². The van der Waals surface area contributed by atoms with E-state index in [0.717, 1.165) is 44.1 Å². The standard InChI is InChI=1S/C20H30N4O.HI/c1-15-11-16(2)14-23(13-15)20(21-3)22-12-19(25)24-10-6-8-17-7-4-5-9-18(17)24;/h4-5,7,9,15-16H,6,8,10-14H2,1-3H3,(H,21,22);1H. The first kappa shape index (κ1) is 21.0. The van der Waals surface area contributed by atoms with E-state index < -0.39 is 0 Å². The van der Waals surface area contributed by atoms with Gasteiger partial charge in [-0.05, 0) is 42.7 Å². The van der Waals surface area contributed by atoms with Crippen molar-refractivity contribution in [1.82, 2.24) is 10.2 Å². The van der Waals surface area contributed by atoms with E-state index in [-0.39, 0.29) is 29.9 Å². The first-order valence-corrected chi connectivity index (χ1v) is 9.42. The second-order valence-corrected chi connectivity index (χ2v) is 7.53. The fourth-order valence-electron chi connectivity index (χ4n) is 4.21. The molecule has 1 aromatic carbocycles. The Bertz CT molecular complexity index is 638. The Morgan fingerprint density at radius 1 is 1.23 bits per heavy atom. The molecule has 2 atom stereocenters. The molecule has 144 valence electrons. The van der Waals surface area contributed by atoms with E-state index in [2.05, 4.69) is 41.2 Å². The van der Waals surface area contributed by atoms with Gasteiger partial charge in [0.05, 0.1) is 6.54 Å². The van der Waals surface area contributed by atoms with E-state index in [0.29, 0.717) is 18.4 Å². The maximum absolute atomic E-state index is 12.8. The Morgan fingerprint density at radius 2 is 1.92 bits per heavy atom. The van der Waals surface area contributed by atoms with Crippen LogP contribution in [-0.2, 0) is 11.2 Å². The predicted molar refractivity (Wildman–Crippen MR) is 118 cm³/mol. The van der Waals surface area contributed by atoms with Gasteiger partial charge < -0.3 is 15.1 Å². The maximum Gasteiger partial charge on any atom is 0.246 e.